The van der Waals surface area contributed by atoms with Gasteiger partial charge in [-0.25, -0.2) is 28.4 Å². The fourth-order valence-electron chi connectivity index (χ4n) is 8.78. The fraction of sp³-hybridized carbons (Fsp3) is 0.102. The Morgan fingerprint density at radius 1 is 0.346 bits per heavy atom. The van der Waals surface area contributed by atoms with Crippen LogP contribution in [0.25, 0.3) is 39.5 Å². The van der Waals surface area contributed by atoms with E-state index in [1.807, 2.05) is 329 Å². The van der Waals surface area contributed by atoms with E-state index < -0.39 is 11.8 Å². The van der Waals surface area contributed by atoms with Crippen LogP contribution in [0, 0.1) is 45.3 Å². The number of primary amides is 2. The number of alkyl halides is 9. The number of para-hydroxylation sites is 9. The molecule has 0 atom stereocenters. The Labute approximate surface area is 888 Å². The third-order valence-corrected chi connectivity index (χ3v) is 14.3. The quantitative estimate of drug-likeness (QED) is 0.0151. The van der Waals surface area contributed by atoms with Crippen LogP contribution in [0.15, 0.2) is 327 Å². The molecule has 2 amide bonds. The van der Waals surface area contributed by atoms with Crippen LogP contribution < -0.4 is 79.5 Å². The van der Waals surface area contributed by atoms with Gasteiger partial charge in [0.2, 0.25) is 0 Å². The first-order chi connectivity index (χ1) is 62.9. The number of carbonyl (C=O) groups is 2. The van der Waals surface area contributed by atoms with Crippen LogP contribution in [0.1, 0.15) is 31.8 Å². The van der Waals surface area contributed by atoms with E-state index in [-0.39, 0.29) is 46.3 Å². The third-order valence-electron chi connectivity index (χ3n) is 14.3. The summed E-state index contributed by atoms with van der Waals surface area (Å²) < 4.78 is 7.67. The number of nitrogen functional groups attached to an aromatic ring is 8. The molecule has 0 saturated carbocycles. The van der Waals surface area contributed by atoms with E-state index in [1.54, 1.807) is 26.2 Å². The van der Waals surface area contributed by atoms with E-state index in [2.05, 4.69) is 262 Å². The van der Waals surface area contributed by atoms with Gasteiger partial charge in [-0.15, -0.1) is 12.4 Å². The standard InChI is InChI=1S/C11H8N4O.2C10H10N4O.2C10H8N4.3C6H8N2.C6H7N.C4H2N2.9CH3I.ClH/c16-11-9-6-14-15(10(9)12-7-13-11)8-4-2-1-3-5-8;2*11-9-8(10(12)15)6-13-14(9)7-4-2-1-3-5-7;2*11-6-8-7-13-14(10(8)12)9-4-2-1-3-5-9;3*7-8-6-4-2-1-3-5-6;7-6-4-2-1-3-5-6;1-4(2-5)3-6;9*1-2;/h1-7H,(H,12,13,16);2*1-6H,11H2,(H2,12,15);2*1-5,7H,12H2;3*1-5,8H,7H2;1-5H,7H2;1H2;9*1H3;1H. The molecule has 0 bridgehead atoms. The molecule has 0 aliphatic carbocycles. The van der Waals surface area contributed by atoms with Gasteiger partial charge in [0, 0.05) is 22.7 Å². The number of rotatable bonds is 10. The number of hydrogen-bond acceptors (Lipinski definition) is 24. The summed E-state index contributed by atoms with van der Waals surface area (Å²) in [5.74, 6) is 15.4. The molecule has 130 heavy (non-hydrogen) atoms. The summed E-state index contributed by atoms with van der Waals surface area (Å²) >= 11 is 19.4. The summed E-state index contributed by atoms with van der Waals surface area (Å²) in [4.78, 5) is 57.8. The molecule has 0 unspecified atom stereocenters. The van der Waals surface area contributed by atoms with Crippen LogP contribution in [-0.4, -0.2) is 115 Å². The van der Waals surface area contributed by atoms with Crippen LogP contribution in [-0.2, 0) is 0 Å². The average Bonchev–Trinajstić information content (AvgIpc) is 1.63. The van der Waals surface area contributed by atoms with Crippen molar-refractivity contribution in [2.45, 2.75) is 0 Å². The first-order valence-corrected chi connectivity index (χ1v) is 55.5. The molecule has 0 aliphatic rings. The van der Waals surface area contributed by atoms with Crippen LogP contribution in [0.3, 0.4) is 0 Å². The SMILES string of the molecule is C=C(C#N)C#N.CI.CI.CI.CI.CI.CI.CI.CI.CI.Cl.N#Cc1cnn(-c2ccccc2)c1N.N#Cc1cnn(-c2ccccc2)c1N.NC(=O)c1cnn(-c2ccccc2)c1N.NC(=O)c1cnn(-c2ccccc2)c1N.NNc1ccccc1.NNc1ccccc1.NNc1ccccc1.Nc1ccccc1.O=c1[nH]cnc2c1cnn2-c1ccccc1. The zero-order chi connectivity index (χ0) is 98.1. The molecular formula is C88H105ClI9N29O3. The Hall–Kier alpha value is -10.1. The summed E-state index contributed by atoms with van der Waals surface area (Å²) in [7, 11) is 0. The van der Waals surface area contributed by atoms with Crippen LogP contribution in [0.5, 0.6) is 0 Å². The van der Waals surface area contributed by atoms with Gasteiger partial charge in [-0.05, 0) is 154 Å². The number of hydrogen-bond donors (Lipinski definition) is 14. The number of nitrogens with one attached hydrogen (secondary N) is 4. The number of amides is 2. The Bertz CT molecular complexity index is 5280. The number of nitrogens with two attached hydrogens (primary N) is 10. The molecule has 690 valence electrons. The molecule has 0 fully saturated rings. The molecular weight excluding hydrogens is 2690 g/mol. The van der Waals surface area contributed by atoms with Crippen molar-refractivity contribution >= 4 is 285 Å². The average molecular weight is 2790 g/mol. The molecule has 0 saturated heterocycles. The number of aromatic nitrogens is 12. The minimum Gasteiger partial charge on any atom is -0.399 e. The number of allylic oxidation sites excluding steroid dienone is 1. The highest BCUT2D eigenvalue weighted by atomic mass is 127. The normalized spacial score (nSPS) is 8.44. The number of benzene rings is 9. The molecule has 15 rings (SSSR count). The smallest absolute Gasteiger partial charge is 0.261 e. The lowest BCUT2D eigenvalue weighted by molar-refractivity contribution is 0.0992. The summed E-state index contributed by atoms with van der Waals surface area (Å²) in [6.45, 7) is 3.07. The molecule has 0 radical (unpaired) electrons. The van der Waals surface area contributed by atoms with Crippen molar-refractivity contribution in [3.8, 4) is 52.7 Å². The van der Waals surface area contributed by atoms with Crippen molar-refractivity contribution in [1.82, 2.24) is 58.9 Å². The maximum atomic E-state index is 11.5. The largest absolute Gasteiger partial charge is 0.399 e. The number of halogens is 10. The monoisotopic (exact) mass is 2790 g/mol. The topological polar surface area (TPSA) is 560 Å². The van der Waals surface area contributed by atoms with Gasteiger partial charge in [0.25, 0.3) is 17.4 Å². The predicted octanol–water partition coefficient (Wildman–Crippen LogP) is 19.5. The van der Waals surface area contributed by atoms with Gasteiger partial charge in [-0.3, -0.25) is 31.9 Å². The lowest BCUT2D eigenvalue weighted by atomic mass is 10.3. The van der Waals surface area contributed by atoms with E-state index in [9.17, 15) is 14.4 Å². The lowest BCUT2D eigenvalue weighted by Gasteiger charge is -2.03. The number of aromatic amines is 1. The van der Waals surface area contributed by atoms with E-state index in [1.165, 1.54) is 46.7 Å². The first-order valence-electron chi connectivity index (χ1n) is 36.1. The summed E-state index contributed by atoms with van der Waals surface area (Å²) in [6, 6.07) is 92.4. The molecule has 9 aromatic carbocycles. The van der Waals surface area contributed by atoms with Gasteiger partial charge in [-0.1, -0.05) is 374 Å². The molecule has 42 heteroatoms. The number of anilines is 8. The molecule has 6 heterocycles. The van der Waals surface area contributed by atoms with Crippen LogP contribution >= 0.6 is 216 Å². The van der Waals surface area contributed by atoms with E-state index in [4.69, 9.17) is 78.7 Å². The predicted molar refractivity (Wildman–Crippen MR) is 619 cm³/mol. The molecule has 15 aromatic rings. The zero-order valence-electron chi connectivity index (χ0n) is 72.2. The Morgan fingerprint density at radius 2 is 0.569 bits per heavy atom. The van der Waals surface area contributed by atoms with Crippen molar-refractivity contribution in [3.05, 3.63) is 355 Å². The minimum atomic E-state index is -0.574. The molecule has 6 aromatic heterocycles. The summed E-state index contributed by atoms with van der Waals surface area (Å²) in [6.07, 6.45) is 8.56. The number of hydrazine groups is 3. The Balaban J connectivity index is -0.000000441. The van der Waals surface area contributed by atoms with Crippen molar-refractivity contribution < 1.29 is 9.59 Å². The highest BCUT2D eigenvalue weighted by molar-refractivity contribution is 14.1. The molecule has 24 N–H and O–H groups in total. The molecule has 0 spiro atoms. The number of nitrogens with zero attached hydrogens (tertiary/aromatic N) is 15. The van der Waals surface area contributed by atoms with E-state index in [0.717, 1.165) is 51.2 Å². The van der Waals surface area contributed by atoms with E-state index >= 15 is 0 Å². The Morgan fingerprint density at radius 3 is 0.762 bits per heavy atom. The highest BCUT2D eigenvalue weighted by Gasteiger charge is 2.15. The minimum absolute atomic E-state index is 0. The van der Waals surface area contributed by atoms with Gasteiger partial charge >= 0.3 is 0 Å². The molecule has 32 nitrogen and oxygen atoms in total. The van der Waals surface area contributed by atoms with Crippen molar-refractivity contribution in [2.24, 2.45) is 29.0 Å². The zero-order valence-corrected chi connectivity index (χ0v) is 92.4. The number of nitriles is 4. The van der Waals surface area contributed by atoms with Gasteiger partial charge in [-0.2, -0.15) is 46.5 Å². The maximum absolute atomic E-state index is 11.5. The van der Waals surface area contributed by atoms with Crippen LogP contribution in [0.2, 0.25) is 0 Å². The van der Waals surface area contributed by atoms with E-state index in [0.29, 0.717) is 33.8 Å². The lowest BCUT2D eigenvalue weighted by Crippen LogP contribution is -2.13. The van der Waals surface area contributed by atoms with Gasteiger partial charge in [0.15, 0.2) is 5.65 Å². The second kappa shape index (κ2) is 85.7. The molecule has 0 aliphatic heterocycles. The second-order valence-electron chi connectivity index (χ2n) is 21.7. The number of H-pyrrole nitrogens is 1. The highest BCUT2D eigenvalue weighted by Crippen LogP contribution is 2.20. The number of carbonyl (C=O) groups excluding carboxylic acids is 2. The van der Waals surface area contributed by atoms with Crippen molar-refractivity contribution in [3.63, 3.8) is 0 Å². The fourth-order valence-corrected chi connectivity index (χ4v) is 8.78. The van der Waals surface area contributed by atoms with Gasteiger partial charge < -0.3 is 61.4 Å². The summed E-state index contributed by atoms with van der Waals surface area (Å²) in [5.41, 5.74) is 55.5. The Kier molecular flexibility index (Phi) is 84.7. The third kappa shape index (κ3) is 50.4. The maximum Gasteiger partial charge on any atom is 0.261 e. The van der Waals surface area contributed by atoms with Crippen LogP contribution in [0.4, 0.5) is 46.0 Å². The number of fused-ring (bicyclic) bond motifs is 1. The van der Waals surface area contributed by atoms with Crippen molar-refractivity contribution in [2.75, 3.05) is 89.3 Å². The summed E-state index contributed by atoms with van der Waals surface area (Å²) in [5, 5.41) is 53.6. The second-order valence-corrected chi connectivity index (χ2v) is 21.7. The van der Waals surface area contributed by atoms with Gasteiger partial charge in [0.1, 0.15) is 80.8 Å². The van der Waals surface area contributed by atoms with Crippen molar-refractivity contribution in [1.29, 1.82) is 21.0 Å². The first kappa shape index (κ1) is 128. The van der Waals surface area contributed by atoms with Gasteiger partial charge in [0.05, 0.1) is 65.7 Å².